The second-order valence-corrected chi connectivity index (χ2v) is 7.73. The van der Waals surface area contributed by atoms with Crippen LogP contribution in [0, 0.1) is 0 Å². The van der Waals surface area contributed by atoms with Crippen LogP contribution in [0.15, 0.2) is 12.7 Å². The van der Waals surface area contributed by atoms with E-state index >= 15 is 0 Å². The van der Waals surface area contributed by atoms with Gasteiger partial charge in [-0.25, -0.2) is 0 Å². The number of likely N-dealkylation sites (tertiary alicyclic amines) is 1. The highest BCUT2D eigenvalue weighted by atomic mass is 16.5. The summed E-state index contributed by atoms with van der Waals surface area (Å²) in [6.45, 7) is 11.0. The van der Waals surface area contributed by atoms with Crippen LogP contribution in [0.1, 0.15) is 19.3 Å². The van der Waals surface area contributed by atoms with Gasteiger partial charge in [0, 0.05) is 57.8 Å². The van der Waals surface area contributed by atoms with Gasteiger partial charge < -0.3 is 14.5 Å². The summed E-state index contributed by atoms with van der Waals surface area (Å²) >= 11 is 0. The molecule has 3 aliphatic rings. The number of ether oxygens (including phenoxy) is 1. The van der Waals surface area contributed by atoms with Gasteiger partial charge in [-0.1, -0.05) is 6.08 Å². The largest absolute Gasteiger partial charge is 0.378 e. The van der Waals surface area contributed by atoms with Crippen molar-refractivity contribution in [3.05, 3.63) is 12.7 Å². The van der Waals surface area contributed by atoms with Gasteiger partial charge in [0.1, 0.15) is 0 Å². The average Bonchev–Trinajstić information content (AvgIpc) is 2.80. The normalized spacial score (nSPS) is 29.0. The fourth-order valence-electron chi connectivity index (χ4n) is 4.36. The molecule has 2 amide bonds. The highest BCUT2D eigenvalue weighted by Crippen LogP contribution is 2.32. The van der Waals surface area contributed by atoms with Gasteiger partial charge in [0.15, 0.2) is 0 Å². The molecule has 0 aliphatic carbocycles. The number of hydrogen-bond acceptors (Lipinski definition) is 5. The second-order valence-electron chi connectivity index (χ2n) is 7.73. The van der Waals surface area contributed by atoms with Crippen LogP contribution in [0.5, 0.6) is 0 Å². The Hall–Kier alpha value is -1.44. The summed E-state index contributed by atoms with van der Waals surface area (Å²) in [5.41, 5.74) is -0.0187. The minimum atomic E-state index is -0.0187. The van der Waals surface area contributed by atoms with Crippen molar-refractivity contribution in [3.63, 3.8) is 0 Å². The first kappa shape index (κ1) is 19.3. The lowest BCUT2D eigenvalue weighted by molar-refractivity contribution is -0.138. The highest BCUT2D eigenvalue weighted by Gasteiger charge is 2.42. The van der Waals surface area contributed by atoms with E-state index in [9.17, 15) is 9.59 Å². The maximum absolute atomic E-state index is 12.6. The SMILES string of the molecule is C=CCN1CCC2(CCC1=O)CN(CC(=O)N1CCOCC1)CCN2C. The lowest BCUT2D eigenvalue weighted by atomic mass is 9.86. The van der Waals surface area contributed by atoms with Crippen molar-refractivity contribution in [1.82, 2.24) is 19.6 Å². The molecule has 3 heterocycles. The minimum absolute atomic E-state index is 0.0187. The molecule has 1 atom stereocenters. The van der Waals surface area contributed by atoms with Gasteiger partial charge >= 0.3 is 0 Å². The average molecular weight is 364 g/mol. The van der Waals surface area contributed by atoms with Crippen LogP contribution in [-0.2, 0) is 14.3 Å². The minimum Gasteiger partial charge on any atom is -0.378 e. The van der Waals surface area contributed by atoms with Crippen molar-refractivity contribution in [3.8, 4) is 0 Å². The van der Waals surface area contributed by atoms with Crippen molar-refractivity contribution in [1.29, 1.82) is 0 Å². The van der Waals surface area contributed by atoms with Crippen molar-refractivity contribution in [2.75, 3.05) is 72.6 Å². The molecule has 0 N–H and O–H groups in total. The van der Waals surface area contributed by atoms with E-state index in [1.807, 2.05) is 9.80 Å². The lowest BCUT2D eigenvalue weighted by Gasteiger charge is -2.49. The molecule has 3 fully saturated rings. The zero-order valence-electron chi connectivity index (χ0n) is 16.0. The van der Waals surface area contributed by atoms with E-state index in [2.05, 4.69) is 23.4 Å². The van der Waals surface area contributed by atoms with E-state index in [4.69, 9.17) is 4.74 Å². The smallest absolute Gasteiger partial charge is 0.236 e. The maximum Gasteiger partial charge on any atom is 0.236 e. The Balaban J connectivity index is 1.62. The third-order valence-electron chi connectivity index (χ3n) is 6.16. The van der Waals surface area contributed by atoms with E-state index in [0.717, 1.165) is 39.0 Å². The Morgan fingerprint density at radius 3 is 2.69 bits per heavy atom. The summed E-state index contributed by atoms with van der Waals surface area (Å²) in [5.74, 6) is 0.419. The fraction of sp³-hybridized carbons (Fsp3) is 0.789. The summed E-state index contributed by atoms with van der Waals surface area (Å²) in [5, 5.41) is 0. The van der Waals surface area contributed by atoms with Crippen molar-refractivity contribution in [2.24, 2.45) is 0 Å². The van der Waals surface area contributed by atoms with Crippen LogP contribution in [0.25, 0.3) is 0 Å². The molecule has 0 radical (unpaired) electrons. The van der Waals surface area contributed by atoms with Gasteiger partial charge in [-0.2, -0.15) is 0 Å². The van der Waals surface area contributed by atoms with Crippen LogP contribution in [-0.4, -0.2) is 110 Å². The number of nitrogens with zero attached hydrogens (tertiary/aromatic N) is 4. The van der Waals surface area contributed by atoms with Gasteiger partial charge in [-0.3, -0.25) is 19.4 Å². The van der Waals surface area contributed by atoms with Gasteiger partial charge in [-0.15, -0.1) is 6.58 Å². The summed E-state index contributed by atoms with van der Waals surface area (Å²) in [6, 6.07) is 0. The lowest BCUT2D eigenvalue weighted by Crippen LogP contribution is -2.62. The van der Waals surface area contributed by atoms with E-state index in [1.165, 1.54) is 0 Å². The van der Waals surface area contributed by atoms with E-state index in [1.54, 1.807) is 6.08 Å². The molecule has 3 aliphatic heterocycles. The third kappa shape index (κ3) is 4.27. The zero-order chi connectivity index (χ0) is 18.6. The molecule has 1 spiro atoms. The van der Waals surface area contributed by atoms with Crippen LogP contribution >= 0.6 is 0 Å². The number of likely N-dealkylation sites (N-methyl/N-ethyl adjacent to an activating group) is 1. The molecule has 0 aromatic rings. The molecule has 146 valence electrons. The van der Waals surface area contributed by atoms with Gasteiger partial charge in [0.05, 0.1) is 19.8 Å². The summed E-state index contributed by atoms with van der Waals surface area (Å²) in [6.07, 6.45) is 4.18. The van der Waals surface area contributed by atoms with Crippen LogP contribution < -0.4 is 0 Å². The summed E-state index contributed by atoms with van der Waals surface area (Å²) in [4.78, 5) is 33.5. The third-order valence-corrected chi connectivity index (χ3v) is 6.16. The van der Waals surface area contributed by atoms with E-state index < -0.39 is 0 Å². The number of carbonyl (C=O) groups is 2. The van der Waals surface area contributed by atoms with Gasteiger partial charge in [-0.05, 0) is 19.9 Å². The van der Waals surface area contributed by atoms with Crippen molar-refractivity contribution >= 4 is 11.8 Å². The number of carbonyl (C=O) groups excluding carboxylic acids is 2. The van der Waals surface area contributed by atoms with Crippen molar-refractivity contribution < 1.29 is 14.3 Å². The molecule has 0 aromatic carbocycles. The number of amides is 2. The Kier molecular flexibility index (Phi) is 6.32. The summed E-state index contributed by atoms with van der Waals surface area (Å²) in [7, 11) is 2.16. The summed E-state index contributed by atoms with van der Waals surface area (Å²) < 4.78 is 5.34. The topological polar surface area (TPSA) is 56.3 Å². The first-order valence-corrected chi connectivity index (χ1v) is 9.72. The number of piperazine rings is 1. The Bertz CT molecular complexity index is 535. The van der Waals surface area contributed by atoms with Gasteiger partial charge in [0.25, 0.3) is 0 Å². The second kappa shape index (κ2) is 8.50. The molecule has 26 heavy (non-hydrogen) atoms. The number of morpholine rings is 1. The first-order chi connectivity index (χ1) is 12.5. The molecule has 1 unspecified atom stereocenters. The molecule has 7 heteroatoms. The number of hydrogen-bond donors (Lipinski definition) is 0. The van der Waals surface area contributed by atoms with Crippen LogP contribution in [0.2, 0.25) is 0 Å². The molecule has 7 nitrogen and oxygen atoms in total. The maximum atomic E-state index is 12.6. The monoisotopic (exact) mass is 364 g/mol. The number of rotatable bonds is 4. The van der Waals surface area contributed by atoms with Crippen molar-refractivity contribution in [2.45, 2.75) is 24.8 Å². The molecule has 3 saturated heterocycles. The molecule has 0 bridgehead atoms. The highest BCUT2D eigenvalue weighted by molar-refractivity contribution is 5.78. The predicted octanol–water partition coefficient (Wildman–Crippen LogP) is 0.0299. The predicted molar refractivity (Wildman–Crippen MR) is 99.8 cm³/mol. The van der Waals surface area contributed by atoms with Gasteiger partial charge in [0.2, 0.25) is 11.8 Å². The molecule has 0 aromatic heterocycles. The van der Waals surface area contributed by atoms with E-state index in [0.29, 0.717) is 45.8 Å². The zero-order valence-corrected chi connectivity index (χ0v) is 16.0. The molecule has 3 rings (SSSR count). The quantitative estimate of drug-likeness (QED) is 0.659. The standard InChI is InChI=1S/C19H32N4O3/c1-3-7-22-8-6-19(5-4-17(22)24)16-21(10-9-20(19)2)15-18(25)23-11-13-26-14-12-23/h3H,1,4-16H2,2H3. The van der Waals surface area contributed by atoms with E-state index in [-0.39, 0.29) is 17.4 Å². The Morgan fingerprint density at radius 1 is 1.19 bits per heavy atom. The Labute approximate surface area is 156 Å². The molecule has 0 saturated carbocycles. The fourth-order valence-corrected chi connectivity index (χ4v) is 4.36. The molecular weight excluding hydrogens is 332 g/mol. The molecular formula is C19H32N4O3. The first-order valence-electron chi connectivity index (χ1n) is 9.72. The van der Waals surface area contributed by atoms with Crippen LogP contribution in [0.3, 0.4) is 0 Å². The Morgan fingerprint density at radius 2 is 1.96 bits per heavy atom. The van der Waals surface area contributed by atoms with Crippen LogP contribution in [0.4, 0.5) is 0 Å².